The lowest BCUT2D eigenvalue weighted by atomic mass is 9.63. The number of benzene rings is 2. The predicted molar refractivity (Wildman–Crippen MR) is 91.1 cm³/mol. The molecule has 4 nitrogen and oxygen atoms in total. The van der Waals surface area contributed by atoms with Crippen molar-refractivity contribution in [3.05, 3.63) is 71.8 Å². The zero-order chi connectivity index (χ0) is 16.9. The number of isocyanates is 2. The molecule has 0 saturated heterocycles. The van der Waals surface area contributed by atoms with E-state index >= 15 is 0 Å². The SMILES string of the molecule is O=C=NC1(N=C=O)CCC(c2ccccc2)(c2ccccc2)CC1. The minimum Gasteiger partial charge on any atom is -0.211 e. The molecule has 1 fully saturated rings. The molecule has 0 atom stereocenters. The highest BCUT2D eigenvalue weighted by Crippen LogP contribution is 2.48. The molecule has 0 aromatic heterocycles. The van der Waals surface area contributed by atoms with E-state index in [0.717, 1.165) is 12.8 Å². The third kappa shape index (κ3) is 2.85. The van der Waals surface area contributed by atoms with Crippen LogP contribution in [0, 0.1) is 0 Å². The third-order valence-electron chi connectivity index (χ3n) is 5.06. The Bertz CT molecular complexity index is 719. The van der Waals surface area contributed by atoms with Crippen molar-refractivity contribution in [3.63, 3.8) is 0 Å². The standard InChI is InChI=1S/C20H18N2O2/c23-15-21-20(22-16-24)13-11-19(12-14-20,17-7-3-1-4-8-17)18-9-5-2-6-10-18/h1-10H,11-14H2. The number of aliphatic imine (C=N–C) groups is 2. The smallest absolute Gasteiger partial charge is 0.211 e. The second kappa shape index (κ2) is 6.76. The number of nitrogens with zero attached hydrogens (tertiary/aromatic N) is 2. The van der Waals surface area contributed by atoms with E-state index in [-0.39, 0.29) is 5.41 Å². The second-order valence-corrected chi connectivity index (χ2v) is 6.20. The molecule has 0 N–H and O–H groups in total. The van der Waals surface area contributed by atoms with E-state index in [1.54, 1.807) is 12.2 Å². The largest absolute Gasteiger partial charge is 0.237 e. The first kappa shape index (κ1) is 16.1. The van der Waals surface area contributed by atoms with Gasteiger partial charge in [0, 0.05) is 5.41 Å². The first-order valence-electron chi connectivity index (χ1n) is 8.04. The Morgan fingerprint density at radius 1 is 0.667 bits per heavy atom. The van der Waals surface area contributed by atoms with Gasteiger partial charge in [0.25, 0.3) is 0 Å². The fourth-order valence-electron chi connectivity index (χ4n) is 3.75. The van der Waals surface area contributed by atoms with Gasteiger partial charge in [-0.05, 0) is 36.8 Å². The summed E-state index contributed by atoms with van der Waals surface area (Å²) in [6, 6.07) is 20.7. The van der Waals surface area contributed by atoms with Gasteiger partial charge in [-0.15, -0.1) is 0 Å². The van der Waals surface area contributed by atoms with Crippen LogP contribution in [0.25, 0.3) is 0 Å². The summed E-state index contributed by atoms with van der Waals surface area (Å²) in [4.78, 5) is 29.2. The fourth-order valence-corrected chi connectivity index (χ4v) is 3.75. The maximum Gasteiger partial charge on any atom is 0.237 e. The van der Waals surface area contributed by atoms with E-state index in [2.05, 4.69) is 34.3 Å². The monoisotopic (exact) mass is 318 g/mol. The molecule has 0 heterocycles. The van der Waals surface area contributed by atoms with Crippen LogP contribution < -0.4 is 0 Å². The molecular weight excluding hydrogens is 300 g/mol. The lowest BCUT2D eigenvalue weighted by Crippen LogP contribution is -2.40. The maximum atomic E-state index is 10.8. The fraction of sp³-hybridized carbons (Fsp3) is 0.300. The summed E-state index contributed by atoms with van der Waals surface area (Å²) in [5, 5.41) is 0. The number of carbonyl (C=O) groups excluding carboxylic acids is 2. The van der Waals surface area contributed by atoms with Crippen molar-refractivity contribution in [2.45, 2.75) is 36.8 Å². The zero-order valence-electron chi connectivity index (χ0n) is 13.3. The molecule has 24 heavy (non-hydrogen) atoms. The van der Waals surface area contributed by atoms with Gasteiger partial charge in [-0.2, -0.15) is 9.98 Å². The van der Waals surface area contributed by atoms with Crippen LogP contribution in [0.1, 0.15) is 36.8 Å². The van der Waals surface area contributed by atoms with Gasteiger partial charge in [-0.1, -0.05) is 60.7 Å². The molecule has 2 aromatic rings. The van der Waals surface area contributed by atoms with Gasteiger partial charge in [0.15, 0.2) is 5.66 Å². The van der Waals surface area contributed by atoms with Crippen LogP contribution in [0.2, 0.25) is 0 Å². The molecule has 0 amide bonds. The van der Waals surface area contributed by atoms with Gasteiger partial charge >= 0.3 is 0 Å². The first-order chi connectivity index (χ1) is 11.7. The predicted octanol–water partition coefficient (Wildman–Crippen LogP) is 3.91. The minimum absolute atomic E-state index is 0.164. The Morgan fingerprint density at radius 2 is 1.08 bits per heavy atom. The molecule has 0 bridgehead atoms. The van der Waals surface area contributed by atoms with Gasteiger partial charge in [0.1, 0.15) is 0 Å². The van der Waals surface area contributed by atoms with Crippen LogP contribution in [-0.2, 0) is 15.0 Å². The Hall–Kier alpha value is -2.80. The lowest BCUT2D eigenvalue weighted by Gasteiger charge is -2.43. The first-order valence-corrected chi connectivity index (χ1v) is 8.04. The Balaban J connectivity index is 2.04. The Morgan fingerprint density at radius 3 is 1.46 bits per heavy atom. The normalized spacial score (nSPS) is 18.0. The molecular formula is C20H18N2O2. The van der Waals surface area contributed by atoms with E-state index < -0.39 is 5.66 Å². The van der Waals surface area contributed by atoms with Crippen molar-refractivity contribution in [2.75, 3.05) is 0 Å². The summed E-state index contributed by atoms with van der Waals surface area (Å²) in [5.41, 5.74) is 1.30. The van der Waals surface area contributed by atoms with E-state index in [1.165, 1.54) is 11.1 Å². The van der Waals surface area contributed by atoms with Crippen molar-refractivity contribution in [1.29, 1.82) is 0 Å². The van der Waals surface area contributed by atoms with Crippen LogP contribution in [0.15, 0.2) is 70.6 Å². The topological polar surface area (TPSA) is 58.9 Å². The molecule has 120 valence electrons. The molecule has 0 aliphatic heterocycles. The highest BCUT2D eigenvalue weighted by atomic mass is 16.1. The van der Waals surface area contributed by atoms with E-state index in [4.69, 9.17) is 0 Å². The van der Waals surface area contributed by atoms with Crippen LogP contribution in [0.4, 0.5) is 0 Å². The van der Waals surface area contributed by atoms with Crippen molar-refractivity contribution >= 4 is 12.2 Å². The van der Waals surface area contributed by atoms with Crippen molar-refractivity contribution < 1.29 is 9.59 Å². The number of rotatable bonds is 4. The number of hydrogen-bond donors (Lipinski definition) is 0. The van der Waals surface area contributed by atoms with Gasteiger partial charge < -0.3 is 0 Å². The summed E-state index contributed by atoms with van der Waals surface area (Å²) in [6.45, 7) is 0. The van der Waals surface area contributed by atoms with Crippen LogP contribution in [0.5, 0.6) is 0 Å². The Kier molecular flexibility index (Phi) is 4.52. The molecule has 1 aliphatic rings. The minimum atomic E-state index is -1.00. The molecule has 3 rings (SSSR count). The van der Waals surface area contributed by atoms with E-state index in [1.807, 2.05) is 36.4 Å². The molecule has 0 unspecified atom stereocenters. The average molecular weight is 318 g/mol. The van der Waals surface area contributed by atoms with Crippen LogP contribution >= 0.6 is 0 Å². The summed E-state index contributed by atoms with van der Waals surface area (Å²) in [6.07, 6.45) is 5.67. The molecule has 1 saturated carbocycles. The average Bonchev–Trinajstić information content (AvgIpc) is 2.65. The molecule has 4 heteroatoms. The van der Waals surface area contributed by atoms with Gasteiger partial charge in [-0.3, -0.25) is 0 Å². The summed E-state index contributed by atoms with van der Waals surface area (Å²) < 4.78 is 0. The van der Waals surface area contributed by atoms with Gasteiger partial charge in [0.2, 0.25) is 12.2 Å². The second-order valence-electron chi connectivity index (χ2n) is 6.20. The molecule has 1 aliphatic carbocycles. The summed E-state index contributed by atoms with van der Waals surface area (Å²) in [7, 11) is 0. The van der Waals surface area contributed by atoms with Crippen LogP contribution in [-0.4, -0.2) is 17.8 Å². The molecule has 2 aromatic carbocycles. The highest BCUT2D eigenvalue weighted by molar-refractivity contribution is 5.43. The van der Waals surface area contributed by atoms with Crippen molar-refractivity contribution in [2.24, 2.45) is 9.98 Å². The maximum absolute atomic E-state index is 10.8. The molecule has 0 spiro atoms. The Labute approximate surface area is 141 Å². The zero-order valence-corrected chi connectivity index (χ0v) is 13.3. The van der Waals surface area contributed by atoms with Gasteiger partial charge in [-0.25, -0.2) is 9.59 Å². The van der Waals surface area contributed by atoms with Crippen molar-refractivity contribution in [1.82, 2.24) is 0 Å². The van der Waals surface area contributed by atoms with Gasteiger partial charge in [0.05, 0.1) is 0 Å². The summed E-state index contributed by atoms with van der Waals surface area (Å²) in [5.74, 6) is 0. The number of hydrogen-bond acceptors (Lipinski definition) is 4. The van der Waals surface area contributed by atoms with E-state index in [0.29, 0.717) is 12.8 Å². The lowest BCUT2D eigenvalue weighted by molar-refractivity contribution is 0.235. The third-order valence-corrected chi connectivity index (χ3v) is 5.06. The highest BCUT2D eigenvalue weighted by Gasteiger charge is 2.45. The van der Waals surface area contributed by atoms with Crippen molar-refractivity contribution in [3.8, 4) is 0 Å². The quantitative estimate of drug-likeness (QED) is 0.634. The van der Waals surface area contributed by atoms with Crippen LogP contribution in [0.3, 0.4) is 0 Å². The summed E-state index contributed by atoms with van der Waals surface area (Å²) >= 11 is 0. The molecule has 0 radical (unpaired) electrons. The van der Waals surface area contributed by atoms with E-state index in [9.17, 15) is 9.59 Å².